The standard InChI is InChI=1S/C15H23O6P/c1-3-5-6-7-13(4-2)21-11-22(20)10-12(15(18)19)8-9-14(16)17/h3-7,12,20H,8-11H2,1-2H3,(H,16,17)(H,18,19)/b5-3-,7-6-,13-4+. The molecule has 0 radical (unpaired) electrons. The van der Waals surface area contributed by atoms with E-state index >= 15 is 0 Å². The van der Waals surface area contributed by atoms with Gasteiger partial charge in [-0.2, -0.15) is 0 Å². The molecule has 0 amide bonds. The van der Waals surface area contributed by atoms with Crippen molar-refractivity contribution < 1.29 is 29.4 Å². The Hall–Kier alpha value is -1.65. The first-order valence-corrected chi connectivity index (χ1v) is 8.54. The van der Waals surface area contributed by atoms with E-state index in [9.17, 15) is 14.5 Å². The summed E-state index contributed by atoms with van der Waals surface area (Å²) in [5, 5.41) is 17.6. The number of allylic oxidation sites excluding steroid dienone is 5. The average Bonchev–Trinajstić information content (AvgIpc) is 2.46. The van der Waals surface area contributed by atoms with Crippen molar-refractivity contribution in [2.45, 2.75) is 26.7 Å². The predicted octanol–water partition coefficient (Wildman–Crippen LogP) is 2.95. The van der Waals surface area contributed by atoms with Crippen LogP contribution in [0.3, 0.4) is 0 Å². The first-order valence-electron chi connectivity index (χ1n) is 6.87. The van der Waals surface area contributed by atoms with Crippen LogP contribution in [0.15, 0.2) is 36.1 Å². The van der Waals surface area contributed by atoms with Gasteiger partial charge in [0.2, 0.25) is 0 Å². The summed E-state index contributed by atoms with van der Waals surface area (Å²) < 4.78 is 5.42. The zero-order chi connectivity index (χ0) is 17.0. The Morgan fingerprint density at radius 1 is 1.23 bits per heavy atom. The van der Waals surface area contributed by atoms with E-state index in [2.05, 4.69) is 0 Å². The van der Waals surface area contributed by atoms with Gasteiger partial charge in [0.25, 0.3) is 0 Å². The van der Waals surface area contributed by atoms with E-state index in [0.717, 1.165) is 0 Å². The highest BCUT2D eigenvalue weighted by Crippen LogP contribution is 2.34. The van der Waals surface area contributed by atoms with E-state index < -0.39 is 26.0 Å². The summed E-state index contributed by atoms with van der Waals surface area (Å²) in [6, 6.07) is 0. The quantitative estimate of drug-likeness (QED) is 0.306. The maximum atomic E-state index is 11.1. The van der Waals surface area contributed by atoms with Crippen molar-refractivity contribution in [2.75, 3.05) is 12.5 Å². The summed E-state index contributed by atoms with van der Waals surface area (Å²) in [6.07, 6.45) is 8.78. The van der Waals surface area contributed by atoms with Gasteiger partial charge in [0.1, 0.15) is 12.1 Å². The molecule has 0 aliphatic heterocycles. The summed E-state index contributed by atoms with van der Waals surface area (Å²) in [5.41, 5.74) is 0. The molecule has 0 aromatic carbocycles. The van der Waals surface area contributed by atoms with Crippen LogP contribution in [-0.4, -0.2) is 39.6 Å². The van der Waals surface area contributed by atoms with Crippen molar-refractivity contribution >= 4 is 20.1 Å². The van der Waals surface area contributed by atoms with Gasteiger partial charge < -0.3 is 19.8 Å². The molecule has 2 atom stereocenters. The third-order valence-corrected chi connectivity index (χ3v) is 4.01. The number of rotatable bonds is 11. The van der Waals surface area contributed by atoms with Gasteiger partial charge >= 0.3 is 11.9 Å². The molecule has 7 heteroatoms. The lowest BCUT2D eigenvalue weighted by Crippen LogP contribution is -2.19. The minimum atomic E-state index is -1.63. The summed E-state index contributed by atoms with van der Waals surface area (Å²) in [7, 11) is -1.63. The number of hydrogen-bond donors (Lipinski definition) is 3. The van der Waals surface area contributed by atoms with Crippen LogP contribution in [0.1, 0.15) is 26.7 Å². The van der Waals surface area contributed by atoms with Crippen molar-refractivity contribution in [3.05, 3.63) is 36.1 Å². The molecule has 0 saturated carbocycles. The van der Waals surface area contributed by atoms with Crippen LogP contribution in [0.5, 0.6) is 0 Å². The highest BCUT2D eigenvalue weighted by Gasteiger charge is 2.22. The molecule has 0 aromatic heterocycles. The first-order chi connectivity index (χ1) is 10.4. The molecule has 0 fully saturated rings. The van der Waals surface area contributed by atoms with Gasteiger partial charge in [0, 0.05) is 12.6 Å². The maximum Gasteiger partial charge on any atom is 0.306 e. The number of aliphatic carboxylic acids is 2. The molecule has 2 unspecified atom stereocenters. The van der Waals surface area contributed by atoms with E-state index in [1.165, 1.54) is 0 Å². The normalized spacial score (nSPS) is 15.1. The van der Waals surface area contributed by atoms with E-state index in [-0.39, 0.29) is 25.4 Å². The molecule has 6 nitrogen and oxygen atoms in total. The molecule has 124 valence electrons. The van der Waals surface area contributed by atoms with Crippen LogP contribution in [-0.2, 0) is 14.3 Å². The van der Waals surface area contributed by atoms with Gasteiger partial charge in [-0.1, -0.05) is 18.2 Å². The average molecular weight is 330 g/mol. The lowest BCUT2D eigenvalue weighted by Gasteiger charge is -2.17. The monoisotopic (exact) mass is 330 g/mol. The van der Waals surface area contributed by atoms with Gasteiger partial charge in [-0.05, 0) is 32.4 Å². The van der Waals surface area contributed by atoms with E-state index in [1.807, 2.05) is 19.1 Å². The number of ether oxygens (including phenoxy) is 1. The number of carboxylic acid groups (broad SMARTS) is 2. The molecule has 0 aliphatic rings. The smallest absolute Gasteiger partial charge is 0.306 e. The summed E-state index contributed by atoms with van der Waals surface area (Å²) in [4.78, 5) is 31.5. The molecular weight excluding hydrogens is 307 g/mol. The minimum Gasteiger partial charge on any atom is -0.487 e. The van der Waals surface area contributed by atoms with Crippen LogP contribution < -0.4 is 0 Å². The van der Waals surface area contributed by atoms with Crippen LogP contribution >= 0.6 is 8.15 Å². The van der Waals surface area contributed by atoms with E-state index in [0.29, 0.717) is 5.76 Å². The van der Waals surface area contributed by atoms with Crippen LogP contribution in [0.2, 0.25) is 0 Å². The fraction of sp³-hybridized carbons (Fsp3) is 0.467. The van der Waals surface area contributed by atoms with E-state index in [1.54, 1.807) is 25.2 Å². The molecule has 0 bridgehead atoms. The minimum absolute atomic E-state index is 0.00172. The second-order valence-electron chi connectivity index (χ2n) is 4.51. The number of carbonyl (C=O) groups is 2. The SMILES string of the molecule is C\C=C/C=C\C(=C/C)OCP(O)CC(CCC(=O)O)C(=O)O. The zero-order valence-electron chi connectivity index (χ0n) is 12.8. The lowest BCUT2D eigenvalue weighted by atomic mass is 10.1. The molecule has 0 saturated heterocycles. The van der Waals surface area contributed by atoms with Crippen LogP contribution in [0.25, 0.3) is 0 Å². The maximum absolute atomic E-state index is 11.1. The van der Waals surface area contributed by atoms with Crippen LogP contribution in [0.4, 0.5) is 0 Å². The number of carboxylic acids is 2. The van der Waals surface area contributed by atoms with Crippen molar-refractivity contribution in [3.63, 3.8) is 0 Å². The lowest BCUT2D eigenvalue weighted by molar-refractivity contribution is -0.142. The molecule has 0 rings (SSSR count). The summed E-state index contributed by atoms with van der Waals surface area (Å²) in [5.74, 6) is -2.43. The highest BCUT2D eigenvalue weighted by molar-refractivity contribution is 7.51. The molecule has 0 spiro atoms. The molecule has 3 N–H and O–H groups in total. The van der Waals surface area contributed by atoms with E-state index in [4.69, 9.17) is 14.9 Å². The highest BCUT2D eigenvalue weighted by atomic mass is 31.1. The zero-order valence-corrected chi connectivity index (χ0v) is 13.7. The Bertz CT molecular complexity index is 441. The Balaban J connectivity index is 4.36. The summed E-state index contributed by atoms with van der Waals surface area (Å²) >= 11 is 0. The van der Waals surface area contributed by atoms with Gasteiger partial charge in [-0.3, -0.25) is 9.59 Å². The Morgan fingerprint density at radius 3 is 2.41 bits per heavy atom. The van der Waals surface area contributed by atoms with Crippen molar-refractivity contribution in [3.8, 4) is 0 Å². The van der Waals surface area contributed by atoms with Gasteiger partial charge in [-0.25, -0.2) is 0 Å². The van der Waals surface area contributed by atoms with Crippen molar-refractivity contribution in [2.24, 2.45) is 5.92 Å². The van der Waals surface area contributed by atoms with Crippen LogP contribution in [0, 0.1) is 5.92 Å². The second kappa shape index (κ2) is 12.0. The van der Waals surface area contributed by atoms with Gasteiger partial charge in [0.05, 0.1) is 14.1 Å². The molecule has 0 aromatic rings. The largest absolute Gasteiger partial charge is 0.487 e. The Morgan fingerprint density at radius 2 is 1.91 bits per heavy atom. The second-order valence-corrected chi connectivity index (χ2v) is 6.14. The molecule has 22 heavy (non-hydrogen) atoms. The summed E-state index contributed by atoms with van der Waals surface area (Å²) in [6.45, 7) is 3.68. The topological polar surface area (TPSA) is 104 Å². The Labute approximate surface area is 131 Å². The first kappa shape index (κ1) is 20.3. The molecule has 0 heterocycles. The van der Waals surface area contributed by atoms with Gasteiger partial charge in [-0.15, -0.1) is 0 Å². The predicted molar refractivity (Wildman–Crippen MR) is 85.7 cm³/mol. The van der Waals surface area contributed by atoms with Crippen molar-refractivity contribution in [1.29, 1.82) is 0 Å². The molecule has 0 aliphatic carbocycles. The van der Waals surface area contributed by atoms with Gasteiger partial charge in [0.15, 0.2) is 0 Å². The fourth-order valence-corrected chi connectivity index (χ4v) is 2.79. The number of hydrogen-bond acceptors (Lipinski definition) is 4. The fourth-order valence-electron chi connectivity index (χ4n) is 1.54. The third-order valence-electron chi connectivity index (χ3n) is 2.72. The van der Waals surface area contributed by atoms with Crippen molar-refractivity contribution in [1.82, 2.24) is 0 Å². The third kappa shape index (κ3) is 10.1. The Kier molecular flexibility index (Phi) is 11.1. The molecular formula is C15H23O6P.